The van der Waals surface area contributed by atoms with Crippen molar-refractivity contribution in [3.8, 4) is 5.75 Å². The normalized spacial score (nSPS) is 11.0. The van der Waals surface area contributed by atoms with Gasteiger partial charge < -0.3 is 9.15 Å². The van der Waals surface area contributed by atoms with E-state index in [9.17, 15) is 13.6 Å². The van der Waals surface area contributed by atoms with Gasteiger partial charge in [0.05, 0.1) is 0 Å². The van der Waals surface area contributed by atoms with Gasteiger partial charge in [-0.15, -0.1) is 0 Å². The Hall–Kier alpha value is -2.69. The Labute approximate surface area is 143 Å². The van der Waals surface area contributed by atoms with Crippen LogP contribution in [0.3, 0.4) is 0 Å². The summed E-state index contributed by atoms with van der Waals surface area (Å²) in [5.74, 6) is -0.838. The molecule has 0 spiro atoms. The standard InChI is InChI=1S/C20H18F2O3/c1-2-3-4-13-9-20(23)25-19-11-16(7-8-17(13)19)24-12-14-5-6-15(21)10-18(14)22/h5-11H,2-4,12H2,1H3. The predicted octanol–water partition coefficient (Wildman–Crippen LogP) is 4.99. The zero-order valence-corrected chi connectivity index (χ0v) is 13.9. The van der Waals surface area contributed by atoms with Gasteiger partial charge in [0, 0.05) is 29.1 Å². The Bertz CT molecular complexity index is 947. The van der Waals surface area contributed by atoms with E-state index < -0.39 is 17.3 Å². The number of aryl methyl sites for hydroxylation is 1. The smallest absolute Gasteiger partial charge is 0.336 e. The van der Waals surface area contributed by atoms with Crippen LogP contribution in [0.5, 0.6) is 5.75 Å². The highest BCUT2D eigenvalue weighted by molar-refractivity contribution is 5.81. The van der Waals surface area contributed by atoms with E-state index in [4.69, 9.17) is 9.15 Å². The molecule has 0 unspecified atom stereocenters. The number of unbranched alkanes of at least 4 members (excludes halogenated alkanes) is 1. The second-order valence-electron chi connectivity index (χ2n) is 5.88. The number of fused-ring (bicyclic) bond motifs is 1. The number of halogens is 2. The minimum Gasteiger partial charge on any atom is -0.489 e. The summed E-state index contributed by atoms with van der Waals surface area (Å²) in [7, 11) is 0. The highest BCUT2D eigenvalue weighted by atomic mass is 19.1. The van der Waals surface area contributed by atoms with Crippen LogP contribution >= 0.6 is 0 Å². The van der Waals surface area contributed by atoms with Gasteiger partial charge in [0.1, 0.15) is 29.6 Å². The molecule has 0 aliphatic rings. The highest BCUT2D eigenvalue weighted by Gasteiger charge is 2.09. The van der Waals surface area contributed by atoms with Gasteiger partial charge in [0.25, 0.3) is 0 Å². The first-order valence-electron chi connectivity index (χ1n) is 8.20. The van der Waals surface area contributed by atoms with Crippen LogP contribution in [0, 0.1) is 11.6 Å². The van der Waals surface area contributed by atoms with Gasteiger partial charge in [-0.05, 0) is 42.7 Å². The van der Waals surface area contributed by atoms with E-state index in [1.165, 1.54) is 18.2 Å². The van der Waals surface area contributed by atoms with Crippen LogP contribution in [-0.4, -0.2) is 0 Å². The number of hydrogen-bond donors (Lipinski definition) is 0. The van der Waals surface area contributed by atoms with Crippen LogP contribution in [0.1, 0.15) is 30.9 Å². The van der Waals surface area contributed by atoms with Crippen molar-refractivity contribution in [2.24, 2.45) is 0 Å². The van der Waals surface area contributed by atoms with Crippen LogP contribution in [-0.2, 0) is 13.0 Å². The lowest BCUT2D eigenvalue weighted by Gasteiger charge is -2.09. The van der Waals surface area contributed by atoms with Crippen molar-refractivity contribution in [2.75, 3.05) is 0 Å². The Morgan fingerprint density at radius 1 is 1.04 bits per heavy atom. The topological polar surface area (TPSA) is 39.4 Å². The number of rotatable bonds is 6. The maximum atomic E-state index is 13.7. The molecule has 0 saturated carbocycles. The van der Waals surface area contributed by atoms with E-state index in [1.54, 1.807) is 12.1 Å². The van der Waals surface area contributed by atoms with Crippen LogP contribution in [0.2, 0.25) is 0 Å². The molecule has 0 amide bonds. The van der Waals surface area contributed by atoms with Gasteiger partial charge in [0.2, 0.25) is 0 Å². The molecule has 0 saturated heterocycles. The fourth-order valence-corrected chi connectivity index (χ4v) is 2.67. The van der Waals surface area contributed by atoms with Crippen molar-refractivity contribution in [2.45, 2.75) is 32.8 Å². The number of benzene rings is 2. The fourth-order valence-electron chi connectivity index (χ4n) is 2.67. The summed E-state index contributed by atoms with van der Waals surface area (Å²) < 4.78 is 37.4. The lowest BCUT2D eigenvalue weighted by atomic mass is 10.0. The second-order valence-corrected chi connectivity index (χ2v) is 5.88. The maximum Gasteiger partial charge on any atom is 0.336 e. The van der Waals surface area contributed by atoms with Gasteiger partial charge >= 0.3 is 5.63 Å². The Morgan fingerprint density at radius 2 is 1.88 bits per heavy atom. The van der Waals surface area contributed by atoms with Gasteiger partial charge in [-0.25, -0.2) is 13.6 Å². The zero-order chi connectivity index (χ0) is 17.8. The first kappa shape index (κ1) is 17.1. The lowest BCUT2D eigenvalue weighted by molar-refractivity contribution is 0.299. The monoisotopic (exact) mass is 344 g/mol. The lowest BCUT2D eigenvalue weighted by Crippen LogP contribution is -2.02. The van der Waals surface area contributed by atoms with E-state index in [0.29, 0.717) is 11.3 Å². The third-order valence-corrected chi connectivity index (χ3v) is 4.01. The molecular weight excluding hydrogens is 326 g/mol. The van der Waals surface area contributed by atoms with E-state index in [0.717, 1.165) is 36.3 Å². The van der Waals surface area contributed by atoms with Crippen LogP contribution in [0.15, 0.2) is 51.7 Å². The SMILES string of the molecule is CCCCc1cc(=O)oc2cc(OCc3ccc(F)cc3F)ccc12. The molecule has 0 aliphatic heterocycles. The Morgan fingerprint density at radius 3 is 2.64 bits per heavy atom. The second kappa shape index (κ2) is 7.47. The first-order chi connectivity index (χ1) is 12.1. The van der Waals surface area contributed by atoms with E-state index in [2.05, 4.69) is 6.92 Å². The molecule has 0 atom stereocenters. The average molecular weight is 344 g/mol. The molecule has 0 fully saturated rings. The van der Waals surface area contributed by atoms with Crippen LogP contribution in [0.25, 0.3) is 11.0 Å². The van der Waals surface area contributed by atoms with Crippen molar-refractivity contribution in [3.05, 3.63) is 75.6 Å². The molecule has 0 radical (unpaired) electrons. The molecule has 1 heterocycles. The molecular formula is C20H18F2O3. The summed E-state index contributed by atoms with van der Waals surface area (Å²) in [6, 6.07) is 10.1. The predicted molar refractivity (Wildman–Crippen MR) is 91.8 cm³/mol. The van der Waals surface area contributed by atoms with Crippen LogP contribution in [0.4, 0.5) is 8.78 Å². The van der Waals surface area contributed by atoms with E-state index in [1.807, 2.05) is 6.07 Å². The summed E-state index contributed by atoms with van der Waals surface area (Å²) in [5.41, 5.74) is 1.24. The van der Waals surface area contributed by atoms with E-state index >= 15 is 0 Å². The molecule has 0 aliphatic carbocycles. The average Bonchev–Trinajstić information content (AvgIpc) is 2.58. The molecule has 25 heavy (non-hydrogen) atoms. The molecule has 2 aromatic carbocycles. The molecule has 0 N–H and O–H groups in total. The summed E-state index contributed by atoms with van der Waals surface area (Å²) in [5, 5.41) is 0.869. The molecule has 130 valence electrons. The molecule has 5 heteroatoms. The summed E-state index contributed by atoms with van der Waals surface area (Å²) in [6.07, 6.45) is 2.83. The number of hydrogen-bond acceptors (Lipinski definition) is 3. The number of ether oxygens (including phenoxy) is 1. The quantitative estimate of drug-likeness (QED) is 0.591. The third-order valence-electron chi connectivity index (χ3n) is 4.01. The zero-order valence-electron chi connectivity index (χ0n) is 13.9. The molecule has 1 aromatic heterocycles. The van der Waals surface area contributed by atoms with Gasteiger partial charge in [-0.3, -0.25) is 0 Å². The molecule has 0 bridgehead atoms. The maximum absolute atomic E-state index is 13.7. The first-order valence-corrected chi connectivity index (χ1v) is 8.20. The molecule has 3 nitrogen and oxygen atoms in total. The Kier molecular flexibility index (Phi) is 5.12. The van der Waals surface area contributed by atoms with Gasteiger partial charge in [-0.2, -0.15) is 0 Å². The Balaban J connectivity index is 1.84. The van der Waals surface area contributed by atoms with Crippen molar-refractivity contribution >= 4 is 11.0 Å². The summed E-state index contributed by atoms with van der Waals surface area (Å²) >= 11 is 0. The minimum absolute atomic E-state index is 0.0443. The molecule has 3 aromatic rings. The highest BCUT2D eigenvalue weighted by Crippen LogP contribution is 2.24. The van der Waals surface area contributed by atoms with Crippen LogP contribution < -0.4 is 10.4 Å². The largest absolute Gasteiger partial charge is 0.489 e. The summed E-state index contributed by atoms with van der Waals surface area (Å²) in [4.78, 5) is 11.7. The molecule has 3 rings (SSSR count). The van der Waals surface area contributed by atoms with Gasteiger partial charge in [-0.1, -0.05) is 13.3 Å². The van der Waals surface area contributed by atoms with Crippen molar-refractivity contribution in [1.29, 1.82) is 0 Å². The van der Waals surface area contributed by atoms with Crippen molar-refractivity contribution < 1.29 is 17.9 Å². The van der Waals surface area contributed by atoms with Crippen molar-refractivity contribution in [1.82, 2.24) is 0 Å². The van der Waals surface area contributed by atoms with Crippen molar-refractivity contribution in [3.63, 3.8) is 0 Å². The fraction of sp³-hybridized carbons (Fsp3) is 0.250. The summed E-state index contributed by atoms with van der Waals surface area (Å²) in [6.45, 7) is 2.05. The van der Waals surface area contributed by atoms with E-state index in [-0.39, 0.29) is 12.2 Å². The minimum atomic E-state index is -0.658. The van der Waals surface area contributed by atoms with Gasteiger partial charge in [0.15, 0.2) is 0 Å². The third kappa shape index (κ3) is 4.05.